The monoisotopic (exact) mass is 359 g/mol. The van der Waals surface area contributed by atoms with Crippen LogP contribution in [0.4, 0.5) is 0 Å². The first kappa shape index (κ1) is 18.0. The van der Waals surface area contributed by atoms with Crippen molar-refractivity contribution in [1.29, 1.82) is 0 Å². The summed E-state index contributed by atoms with van der Waals surface area (Å²) in [7, 11) is 1.60. The largest absolute Gasteiger partial charge is 0.496 e. The number of hydrogen-bond acceptors (Lipinski definition) is 7. The van der Waals surface area contributed by atoms with Crippen LogP contribution in [0.15, 0.2) is 24.3 Å². The van der Waals surface area contributed by atoms with E-state index in [-0.39, 0.29) is 6.61 Å². The fraction of sp³-hybridized carbons (Fsp3) is 0.421. The number of carbonyl (C=O) groups excluding carboxylic acids is 2. The third-order valence-corrected chi connectivity index (χ3v) is 4.37. The molecule has 0 saturated heterocycles. The fourth-order valence-electron chi connectivity index (χ4n) is 3.17. The average molecular weight is 359 g/mol. The molecule has 0 saturated carbocycles. The zero-order valence-corrected chi connectivity index (χ0v) is 15.2. The second kappa shape index (κ2) is 6.82. The molecule has 0 unspecified atom stereocenters. The zero-order valence-electron chi connectivity index (χ0n) is 15.2. The van der Waals surface area contributed by atoms with E-state index in [0.29, 0.717) is 18.1 Å². The zero-order chi connectivity index (χ0) is 18.9. The molecule has 0 spiro atoms. The molecule has 0 N–H and O–H groups in total. The highest BCUT2D eigenvalue weighted by molar-refractivity contribution is 5.87. The average Bonchev–Trinajstić information content (AvgIpc) is 3.01. The van der Waals surface area contributed by atoms with E-state index in [9.17, 15) is 9.59 Å². The number of esters is 2. The molecule has 0 fully saturated rings. The van der Waals surface area contributed by atoms with Crippen molar-refractivity contribution < 1.29 is 28.5 Å². The number of benzene rings is 1. The van der Waals surface area contributed by atoms with Gasteiger partial charge in [-0.25, -0.2) is 4.98 Å². The summed E-state index contributed by atoms with van der Waals surface area (Å²) in [5.74, 6) is 0.183. The maximum absolute atomic E-state index is 11.6. The van der Waals surface area contributed by atoms with Gasteiger partial charge in [-0.1, -0.05) is 12.1 Å². The van der Waals surface area contributed by atoms with Gasteiger partial charge in [-0.3, -0.25) is 9.59 Å². The van der Waals surface area contributed by atoms with Gasteiger partial charge < -0.3 is 18.9 Å². The second-order valence-corrected chi connectivity index (χ2v) is 6.44. The van der Waals surface area contributed by atoms with Gasteiger partial charge in [0.25, 0.3) is 0 Å². The fourth-order valence-corrected chi connectivity index (χ4v) is 3.17. The number of pyridine rings is 1. The van der Waals surface area contributed by atoms with E-state index >= 15 is 0 Å². The molecule has 0 radical (unpaired) electrons. The van der Waals surface area contributed by atoms with Gasteiger partial charge in [-0.05, 0) is 19.1 Å². The van der Waals surface area contributed by atoms with Crippen LogP contribution in [-0.4, -0.2) is 42.3 Å². The van der Waals surface area contributed by atoms with E-state index in [2.05, 4.69) is 4.98 Å². The number of hydrogen-bond donors (Lipinski definition) is 0. The molecule has 7 heteroatoms. The highest BCUT2D eigenvalue weighted by Gasteiger charge is 2.46. The highest BCUT2D eigenvalue weighted by Crippen LogP contribution is 2.42. The molecule has 1 aromatic heterocycles. The molecular formula is C19H21NO6. The van der Waals surface area contributed by atoms with Crippen molar-refractivity contribution in [2.75, 3.05) is 13.7 Å². The molecule has 3 rings (SSSR count). The third kappa shape index (κ3) is 3.29. The molecule has 1 aliphatic rings. The van der Waals surface area contributed by atoms with E-state index in [1.807, 2.05) is 24.3 Å². The Bertz CT molecular complexity index is 864. The Labute approximate surface area is 151 Å². The maximum atomic E-state index is 11.6. The number of fused-ring (bicyclic) bond motifs is 2. The van der Waals surface area contributed by atoms with Crippen molar-refractivity contribution in [3.8, 4) is 11.6 Å². The number of aromatic nitrogens is 1. The van der Waals surface area contributed by atoms with Crippen molar-refractivity contribution in [3.63, 3.8) is 0 Å². The molecule has 1 aromatic carbocycles. The lowest BCUT2D eigenvalue weighted by atomic mass is 9.95. The van der Waals surface area contributed by atoms with Gasteiger partial charge in [0.05, 0.1) is 18.2 Å². The Morgan fingerprint density at radius 3 is 2.65 bits per heavy atom. The van der Waals surface area contributed by atoms with E-state index in [4.69, 9.17) is 18.9 Å². The summed E-state index contributed by atoms with van der Waals surface area (Å²) < 4.78 is 22.2. The Morgan fingerprint density at radius 1 is 1.27 bits per heavy atom. The summed E-state index contributed by atoms with van der Waals surface area (Å²) in [6.45, 7) is 4.18. The number of nitrogens with zero attached hydrogens (tertiary/aromatic N) is 1. The summed E-state index contributed by atoms with van der Waals surface area (Å²) >= 11 is 0. The summed E-state index contributed by atoms with van der Waals surface area (Å²) in [4.78, 5) is 27.4. The Hall–Kier alpha value is -2.83. The van der Waals surface area contributed by atoms with Crippen LogP contribution in [0.5, 0.6) is 11.6 Å². The van der Waals surface area contributed by atoms with Gasteiger partial charge in [0.1, 0.15) is 18.5 Å². The number of carbonyl (C=O) groups is 2. The lowest BCUT2D eigenvalue weighted by molar-refractivity contribution is -0.179. The SMILES string of the molecule is COc1c2c(nc3ccccc13)O[C@@H]([C@](C)(COC(C)=O)OC(C)=O)C2. The van der Waals surface area contributed by atoms with Gasteiger partial charge in [0.15, 0.2) is 5.60 Å². The van der Waals surface area contributed by atoms with Crippen LogP contribution in [0.3, 0.4) is 0 Å². The molecule has 2 aromatic rings. The van der Waals surface area contributed by atoms with Crippen LogP contribution >= 0.6 is 0 Å². The Morgan fingerprint density at radius 2 is 2.00 bits per heavy atom. The summed E-state index contributed by atoms with van der Waals surface area (Å²) in [6, 6.07) is 7.60. The topological polar surface area (TPSA) is 83.9 Å². The van der Waals surface area contributed by atoms with Crippen LogP contribution in [0, 0.1) is 0 Å². The predicted octanol–water partition coefficient (Wildman–Crippen LogP) is 2.43. The minimum atomic E-state index is -1.14. The quantitative estimate of drug-likeness (QED) is 0.758. The van der Waals surface area contributed by atoms with E-state index in [1.165, 1.54) is 13.8 Å². The number of ether oxygens (including phenoxy) is 4. The number of methoxy groups -OCH3 is 1. The van der Waals surface area contributed by atoms with E-state index in [1.54, 1.807) is 14.0 Å². The normalized spacial score (nSPS) is 17.8. The van der Waals surface area contributed by atoms with Crippen molar-refractivity contribution >= 4 is 22.8 Å². The highest BCUT2D eigenvalue weighted by atomic mass is 16.6. The molecule has 26 heavy (non-hydrogen) atoms. The standard InChI is InChI=1S/C19H21NO6/c1-11(21)24-10-19(3,26-12(2)22)16-9-14-17(23-4)13-7-5-6-8-15(13)20-18(14)25-16/h5-8,16H,9-10H2,1-4H3/t16-,19+/m1/s1. The lowest BCUT2D eigenvalue weighted by Crippen LogP contribution is -2.50. The minimum absolute atomic E-state index is 0.109. The first-order valence-corrected chi connectivity index (χ1v) is 8.29. The van der Waals surface area contributed by atoms with Gasteiger partial charge in [0, 0.05) is 25.7 Å². The van der Waals surface area contributed by atoms with Crippen LogP contribution in [0.1, 0.15) is 26.3 Å². The van der Waals surface area contributed by atoms with Crippen molar-refractivity contribution in [1.82, 2.24) is 4.98 Å². The lowest BCUT2D eigenvalue weighted by Gasteiger charge is -2.33. The van der Waals surface area contributed by atoms with Gasteiger partial charge >= 0.3 is 11.9 Å². The second-order valence-electron chi connectivity index (χ2n) is 6.44. The minimum Gasteiger partial charge on any atom is -0.496 e. The van der Waals surface area contributed by atoms with Crippen LogP contribution in [-0.2, 0) is 25.5 Å². The third-order valence-electron chi connectivity index (χ3n) is 4.37. The number of para-hydroxylation sites is 1. The maximum Gasteiger partial charge on any atom is 0.303 e. The van der Waals surface area contributed by atoms with Gasteiger partial charge in [-0.15, -0.1) is 0 Å². The molecular weight excluding hydrogens is 338 g/mol. The van der Waals surface area contributed by atoms with Crippen LogP contribution < -0.4 is 9.47 Å². The molecule has 0 aliphatic carbocycles. The summed E-state index contributed by atoms with van der Waals surface area (Å²) in [5.41, 5.74) is 0.408. The molecule has 7 nitrogen and oxygen atoms in total. The molecule has 0 bridgehead atoms. The molecule has 2 heterocycles. The molecule has 0 amide bonds. The van der Waals surface area contributed by atoms with Gasteiger partial charge in [0.2, 0.25) is 5.88 Å². The number of rotatable bonds is 5. The smallest absolute Gasteiger partial charge is 0.303 e. The Balaban J connectivity index is 1.98. The van der Waals surface area contributed by atoms with Crippen molar-refractivity contribution in [3.05, 3.63) is 29.8 Å². The Kier molecular flexibility index (Phi) is 4.71. The summed E-state index contributed by atoms with van der Waals surface area (Å²) in [5, 5.41) is 0.882. The first-order chi connectivity index (χ1) is 12.3. The van der Waals surface area contributed by atoms with E-state index < -0.39 is 23.6 Å². The van der Waals surface area contributed by atoms with E-state index in [0.717, 1.165) is 16.5 Å². The first-order valence-electron chi connectivity index (χ1n) is 8.29. The molecule has 2 atom stereocenters. The van der Waals surface area contributed by atoms with Crippen molar-refractivity contribution in [2.45, 2.75) is 38.9 Å². The van der Waals surface area contributed by atoms with Crippen LogP contribution in [0.2, 0.25) is 0 Å². The summed E-state index contributed by atoms with van der Waals surface area (Å²) in [6.07, 6.45) is -0.138. The van der Waals surface area contributed by atoms with Gasteiger partial charge in [-0.2, -0.15) is 0 Å². The predicted molar refractivity (Wildman–Crippen MR) is 93.2 cm³/mol. The van der Waals surface area contributed by atoms with Crippen LogP contribution in [0.25, 0.3) is 10.9 Å². The van der Waals surface area contributed by atoms with Crippen molar-refractivity contribution in [2.24, 2.45) is 0 Å². The molecule has 138 valence electrons. The molecule has 1 aliphatic heterocycles.